The highest BCUT2D eigenvalue weighted by atomic mass is 32.2. The van der Waals surface area contributed by atoms with Crippen LogP contribution in [0.3, 0.4) is 0 Å². The second kappa shape index (κ2) is 5.13. The van der Waals surface area contributed by atoms with Crippen LogP contribution in [0.1, 0.15) is 40.5 Å². The fourth-order valence-electron chi connectivity index (χ4n) is 3.49. The summed E-state index contributed by atoms with van der Waals surface area (Å²) in [5.74, 6) is 0. The Morgan fingerprint density at radius 3 is 2.05 bits per heavy atom. The minimum absolute atomic E-state index is 0.0183. The molecule has 0 unspecified atom stereocenters. The molecule has 1 aliphatic rings. The Bertz CT molecular complexity index is 549. The highest BCUT2D eigenvalue weighted by Crippen LogP contribution is 2.23. The molecule has 3 N–H and O–H groups in total. The van der Waals surface area contributed by atoms with Crippen molar-refractivity contribution in [3.63, 3.8) is 0 Å². The van der Waals surface area contributed by atoms with E-state index in [0.717, 1.165) is 12.8 Å². The second-order valence-electron chi connectivity index (χ2n) is 7.16. The molecule has 5 heteroatoms. The fourth-order valence-corrected chi connectivity index (χ4v) is 4.75. The zero-order chi connectivity index (χ0) is 15.0. The van der Waals surface area contributed by atoms with Gasteiger partial charge in [0.25, 0.3) is 0 Å². The number of hydrogen-bond donors (Lipinski definition) is 2. The SMILES string of the molecule is CC1(C)CC(NS(=O)(=O)c2ccccc2)CC(C)(C)[NH2+]1. The molecule has 0 bridgehead atoms. The van der Waals surface area contributed by atoms with Gasteiger partial charge in [0, 0.05) is 18.9 Å². The zero-order valence-electron chi connectivity index (χ0n) is 12.7. The molecule has 0 aromatic heterocycles. The lowest BCUT2D eigenvalue weighted by Crippen LogP contribution is -3.06. The molecule has 1 saturated heterocycles. The number of hydrogen-bond acceptors (Lipinski definition) is 2. The largest absolute Gasteiger partial charge is 0.337 e. The van der Waals surface area contributed by atoms with Gasteiger partial charge in [-0.15, -0.1) is 0 Å². The maximum absolute atomic E-state index is 12.4. The smallest absolute Gasteiger partial charge is 0.240 e. The van der Waals surface area contributed by atoms with E-state index in [1.165, 1.54) is 0 Å². The Morgan fingerprint density at radius 2 is 1.55 bits per heavy atom. The van der Waals surface area contributed by atoms with Gasteiger partial charge in [0.2, 0.25) is 10.0 Å². The number of rotatable bonds is 3. The molecule has 0 radical (unpaired) electrons. The van der Waals surface area contributed by atoms with Gasteiger partial charge in [-0.05, 0) is 39.8 Å². The average Bonchev–Trinajstić information content (AvgIpc) is 2.25. The molecule has 0 atom stereocenters. The van der Waals surface area contributed by atoms with E-state index in [-0.39, 0.29) is 17.1 Å². The molecule has 0 spiro atoms. The van der Waals surface area contributed by atoms with Crippen LogP contribution in [0.15, 0.2) is 35.2 Å². The average molecular weight is 297 g/mol. The first-order valence-electron chi connectivity index (χ1n) is 7.04. The molecular formula is C15H25N2O2S+. The summed E-state index contributed by atoms with van der Waals surface area (Å²) in [6.07, 6.45) is 1.67. The Hall–Kier alpha value is -0.910. The van der Waals surface area contributed by atoms with Crippen LogP contribution in [0, 0.1) is 0 Å². The van der Waals surface area contributed by atoms with Crippen LogP contribution in [0.4, 0.5) is 0 Å². The molecule has 1 fully saturated rings. The van der Waals surface area contributed by atoms with Crippen LogP contribution < -0.4 is 10.0 Å². The van der Waals surface area contributed by atoms with Gasteiger partial charge >= 0.3 is 0 Å². The van der Waals surface area contributed by atoms with E-state index in [0.29, 0.717) is 4.90 Å². The molecular weight excluding hydrogens is 272 g/mol. The molecule has 1 aromatic rings. The predicted molar refractivity (Wildman–Crippen MR) is 79.9 cm³/mol. The number of nitrogens with one attached hydrogen (secondary N) is 1. The molecule has 1 aromatic carbocycles. The summed E-state index contributed by atoms with van der Waals surface area (Å²) in [5, 5.41) is 2.34. The topological polar surface area (TPSA) is 62.8 Å². The molecule has 1 aliphatic heterocycles. The van der Waals surface area contributed by atoms with Gasteiger partial charge in [0.1, 0.15) is 0 Å². The third kappa shape index (κ3) is 3.81. The standard InChI is InChI=1S/C15H24N2O2S/c1-14(2)10-12(11-15(3,4)17-14)16-20(18,19)13-8-6-5-7-9-13/h5-9,12,16-17H,10-11H2,1-4H3/p+1. The number of benzene rings is 1. The highest BCUT2D eigenvalue weighted by Gasteiger charge is 2.42. The second-order valence-corrected chi connectivity index (χ2v) is 8.87. The van der Waals surface area contributed by atoms with Crippen molar-refractivity contribution in [2.75, 3.05) is 0 Å². The molecule has 112 valence electrons. The minimum Gasteiger partial charge on any atom is -0.337 e. The van der Waals surface area contributed by atoms with E-state index in [9.17, 15) is 8.42 Å². The molecule has 20 heavy (non-hydrogen) atoms. The molecule has 0 amide bonds. The lowest BCUT2D eigenvalue weighted by molar-refractivity contribution is -0.787. The van der Waals surface area contributed by atoms with E-state index in [4.69, 9.17) is 0 Å². The first-order valence-corrected chi connectivity index (χ1v) is 8.53. The lowest BCUT2D eigenvalue weighted by Gasteiger charge is -2.43. The highest BCUT2D eigenvalue weighted by molar-refractivity contribution is 7.89. The van der Waals surface area contributed by atoms with Gasteiger partial charge < -0.3 is 5.32 Å². The summed E-state index contributed by atoms with van der Waals surface area (Å²) >= 11 is 0. The molecule has 0 aliphatic carbocycles. The van der Waals surface area contributed by atoms with Crippen molar-refractivity contribution in [1.29, 1.82) is 0 Å². The number of quaternary nitrogens is 1. The Morgan fingerprint density at radius 1 is 1.05 bits per heavy atom. The van der Waals surface area contributed by atoms with E-state index in [1.54, 1.807) is 24.3 Å². The number of nitrogens with two attached hydrogens (primary N) is 1. The summed E-state index contributed by atoms with van der Waals surface area (Å²) in [5.41, 5.74) is 0.0945. The van der Waals surface area contributed by atoms with Gasteiger partial charge in [0.15, 0.2) is 0 Å². The fraction of sp³-hybridized carbons (Fsp3) is 0.600. The van der Waals surface area contributed by atoms with Crippen LogP contribution in [-0.4, -0.2) is 25.5 Å². The van der Waals surface area contributed by atoms with Crippen LogP contribution in [0.5, 0.6) is 0 Å². The maximum Gasteiger partial charge on any atom is 0.240 e. The first-order chi connectivity index (χ1) is 9.10. The number of piperidine rings is 1. The van der Waals surface area contributed by atoms with Crippen molar-refractivity contribution in [2.45, 2.75) is 62.6 Å². The van der Waals surface area contributed by atoms with Crippen LogP contribution in [0.2, 0.25) is 0 Å². The number of sulfonamides is 1. The lowest BCUT2D eigenvalue weighted by atomic mass is 9.80. The Balaban J connectivity index is 2.17. The van der Waals surface area contributed by atoms with E-state index in [2.05, 4.69) is 37.7 Å². The zero-order valence-corrected chi connectivity index (χ0v) is 13.5. The van der Waals surface area contributed by atoms with Gasteiger partial charge in [-0.1, -0.05) is 18.2 Å². The third-order valence-electron chi connectivity index (χ3n) is 3.70. The van der Waals surface area contributed by atoms with Crippen LogP contribution in [0.25, 0.3) is 0 Å². The van der Waals surface area contributed by atoms with Crippen molar-refractivity contribution in [1.82, 2.24) is 4.72 Å². The predicted octanol–water partition coefficient (Wildman–Crippen LogP) is 1.25. The van der Waals surface area contributed by atoms with E-state index < -0.39 is 10.0 Å². The summed E-state index contributed by atoms with van der Waals surface area (Å²) in [6, 6.07) is 8.56. The molecule has 0 saturated carbocycles. The summed E-state index contributed by atoms with van der Waals surface area (Å²) < 4.78 is 27.7. The van der Waals surface area contributed by atoms with Crippen LogP contribution in [-0.2, 0) is 10.0 Å². The minimum atomic E-state index is -3.42. The molecule has 1 heterocycles. The van der Waals surface area contributed by atoms with Crippen molar-refractivity contribution in [3.05, 3.63) is 30.3 Å². The van der Waals surface area contributed by atoms with Crippen molar-refractivity contribution in [2.24, 2.45) is 0 Å². The van der Waals surface area contributed by atoms with Crippen molar-refractivity contribution < 1.29 is 13.7 Å². The van der Waals surface area contributed by atoms with Gasteiger partial charge in [-0.3, -0.25) is 0 Å². The van der Waals surface area contributed by atoms with Crippen molar-refractivity contribution >= 4 is 10.0 Å². The third-order valence-corrected chi connectivity index (χ3v) is 5.24. The molecule has 4 nitrogen and oxygen atoms in total. The van der Waals surface area contributed by atoms with E-state index in [1.807, 2.05) is 6.07 Å². The quantitative estimate of drug-likeness (QED) is 0.882. The monoisotopic (exact) mass is 297 g/mol. The van der Waals surface area contributed by atoms with Gasteiger partial charge in [-0.2, -0.15) is 0 Å². The Kier molecular flexibility index (Phi) is 3.97. The summed E-state index contributed by atoms with van der Waals surface area (Å²) in [6.45, 7) is 8.66. The van der Waals surface area contributed by atoms with Crippen molar-refractivity contribution in [3.8, 4) is 0 Å². The molecule has 2 rings (SSSR count). The van der Waals surface area contributed by atoms with Gasteiger partial charge in [-0.25, -0.2) is 13.1 Å². The maximum atomic E-state index is 12.4. The summed E-state index contributed by atoms with van der Waals surface area (Å²) in [7, 11) is -3.42. The van der Waals surface area contributed by atoms with Gasteiger partial charge in [0.05, 0.1) is 16.0 Å². The Labute approximate surface area is 122 Å². The summed E-state index contributed by atoms with van der Waals surface area (Å²) in [4.78, 5) is 0.338. The normalized spacial score (nSPS) is 22.6. The van der Waals surface area contributed by atoms with Crippen LogP contribution >= 0.6 is 0 Å². The van der Waals surface area contributed by atoms with E-state index >= 15 is 0 Å². The first kappa shape index (κ1) is 15.5.